The number of rotatable bonds is 4. The lowest BCUT2D eigenvalue weighted by Gasteiger charge is -1.92. The second kappa shape index (κ2) is 7.15. The molecule has 0 bridgehead atoms. The molecule has 0 aliphatic rings. The zero-order chi connectivity index (χ0) is 8.53. The molecule has 0 N–H and O–H groups in total. The Labute approximate surface area is 69.6 Å². The molecule has 0 saturated heterocycles. The number of hydrogen-bond donors (Lipinski definition) is 0. The van der Waals surface area contributed by atoms with Gasteiger partial charge < -0.3 is 0 Å². The fourth-order valence-electron chi connectivity index (χ4n) is 0.555. The van der Waals surface area contributed by atoms with Crippen molar-refractivity contribution < 1.29 is 0 Å². The molecule has 0 rings (SSSR count). The normalized spacial score (nSPS) is 8.27. The van der Waals surface area contributed by atoms with Crippen LogP contribution >= 0.6 is 0 Å². The molecule has 0 aromatic rings. The van der Waals surface area contributed by atoms with E-state index in [1.54, 1.807) is 0 Å². The van der Waals surface area contributed by atoms with E-state index in [2.05, 4.69) is 31.9 Å². The lowest BCUT2D eigenvalue weighted by molar-refractivity contribution is 0.664. The zero-order valence-electron chi connectivity index (χ0n) is 7.43. The monoisotopic (exact) mass is 148 g/mol. The fraction of sp³-hybridized carbons (Fsp3) is 0.455. The summed E-state index contributed by atoms with van der Waals surface area (Å²) in [7, 11) is 0. The summed E-state index contributed by atoms with van der Waals surface area (Å²) >= 11 is 0. The largest absolute Gasteiger partial charge is 0.103 e. The molecule has 0 aliphatic heterocycles. The maximum atomic E-state index is 3.60. The van der Waals surface area contributed by atoms with E-state index in [9.17, 15) is 0 Å². The highest BCUT2D eigenvalue weighted by Gasteiger charge is 1.84. The van der Waals surface area contributed by atoms with Gasteiger partial charge in [-0.25, -0.2) is 0 Å². The van der Waals surface area contributed by atoms with Crippen LogP contribution in [-0.2, 0) is 0 Å². The summed E-state index contributed by atoms with van der Waals surface area (Å²) in [5.74, 6) is 0.712. The molecule has 0 heteroatoms. The second-order valence-electron chi connectivity index (χ2n) is 2.85. The van der Waals surface area contributed by atoms with Crippen LogP contribution in [0.1, 0.15) is 26.7 Å². The molecular weight excluding hydrogens is 132 g/mol. The van der Waals surface area contributed by atoms with Crippen LogP contribution in [0.2, 0.25) is 0 Å². The number of allylic oxidation sites excluding steroid dienone is 3. The fourth-order valence-corrected chi connectivity index (χ4v) is 0.555. The molecule has 0 nitrogen and oxygen atoms in total. The quantitative estimate of drug-likeness (QED) is 0.423. The molecular formula is C11H16. The molecule has 0 fully saturated rings. The molecule has 0 aliphatic carbocycles. The van der Waals surface area contributed by atoms with Crippen LogP contribution in [0.25, 0.3) is 0 Å². The average Bonchev–Trinajstić information content (AvgIpc) is 1.96. The molecule has 0 saturated carbocycles. The SMILES string of the molecule is C=CCC=C=C=CCC(C)C. The van der Waals surface area contributed by atoms with Crippen molar-refractivity contribution in [1.82, 2.24) is 0 Å². The third kappa shape index (κ3) is 9.04. The Bertz CT molecular complexity index is 184. The molecule has 0 heterocycles. The van der Waals surface area contributed by atoms with Gasteiger partial charge in [0.1, 0.15) is 0 Å². The van der Waals surface area contributed by atoms with E-state index in [1.165, 1.54) is 0 Å². The maximum absolute atomic E-state index is 3.60. The van der Waals surface area contributed by atoms with Crippen LogP contribution in [0, 0.1) is 5.92 Å². The Morgan fingerprint density at radius 1 is 1.27 bits per heavy atom. The topological polar surface area (TPSA) is 0 Å². The van der Waals surface area contributed by atoms with Gasteiger partial charge in [0.05, 0.1) is 0 Å². The molecule has 0 aromatic carbocycles. The molecule has 0 amide bonds. The van der Waals surface area contributed by atoms with E-state index in [-0.39, 0.29) is 0 Å². The van der Waals surface area contributed by atoms with Crippen molar-refractivity contribution >= 4 is 0 Å². The van der Waals surface area contributed by atoms with Gasteiger partial charge in [-0.05, 0) is 30.9 Å². The van der Waals surface area contributed by atoms with Crippen molar-refractivity contribution in [3.63, 3.8) is 0 Å². The molecule has 0 radical (unpaired) electrons. The van der Waals surface area contributed by atoms with E-state index in [1.807, 2.05) is 18.2 Å². The van der Waals surface area contributed by atoms with E-state index < -0.39 is 0 Å². The molecule has 0 spiro atoms. The Morgan fingerprint density at radius 2 is 1.91 bits per heavy atom. The third-order valence-corrected chi connectivity index (χ3v) is 1.16. The Morgan fingerprint density at radius 3 is 2.45 bits per heavy atom. The molecule has 60 valence electrons. The first-order valence-corrected chi connectivity index (χ1v) is 4.02. The highest BCUT2D eigenvalue weighted by molar-refractivity contribution is 4.90. The van der Waals surface area contributed by atoms with Gasteiger partial charge in [-0.2, -0.15) is 0 Å². The summed E-state index contributed by atoms with van der Waals surface area (Å²) in [6, 6.07) is 0. The molecule has 11 heavy (non-hydrogen) atoms. The molecule has 0 unspecified atom stereocenters. The van der Waals surface area contributed by atoms with Crippen LogP contribution in [0.5, 0.6) is 0 Å². The average molecular weight is 148 g/mol. The summed E-state index contributed by atoms with van der Waals surface area (Å²) < 4.78 is 0. The Kier molecular flexibility index (Phi) is 6.53. The Balaban J connectivity index is 3.70. The molecule has 0 atom stereocenters. The summed E-state index contributed by atoms with van der Waals surface area (Å²) in [5, 5.41) is 0. The lowest BCUT2D eigenvalue weighted by atomic mass is 10.1. The van der Waals surface area contributed by atoms with Gasteiger partial charge in [-0.3, -0.25) is 0 Å². The standard InChI is InChI=1S/C11H16/c1-4-5-6-7-8-9-10-11(2)3/h4,6,9,11H,1,5,10H2,2-3H3. The van der Waals surface area contributed by atoms with Crippen molar-refractivity contribution in [1.29, 1.82) is 0 Å². The first-order valence-electron chi connectivity index (χ1n) is 4.02. The van der Waals surface area contributed by atoms with E-state index in [0.29, 0.717) is 5.92 Å². The second-order valence-corrected chi connectivity index (χ2v) is 2.85. The van der Waals surface area contributed by atoms with E-state index >= 15 is 0 Å². The van der Waals surface area contributed by atoms with Crippen molar-refractivity contribution in [2.75, 3.05) is 0 Å². The summed E-state index contributed by atoms with van der Waals surface area (Å²) in [4.78, 5) is 0. The lowest BCUT2D eigenvalue weighted by Crippen LogP contribution is -1.79. The van der Waals surface area contributed by atoms with Crippen molar-refractivity contribution in [3.8, 4) is 0 Å². The van der Waals surface area contributed by atoms with Gasteiger partial charge in [0.2, 0.25) is 0 Å². The summed E-state index contributed by atoms with van der Waals surface area (Å²) in [5.41, 5.74) is 5.91. The minimum Gasteiger partial charge on any atom is -0.103 e. The van der Waals surface area contributed by atoms with Crippen LogP contribution in [-0.4, -0.2) is 0 Å². The smallest absolute Gasteiger partial charge is 0.00892 e. The van der Waals surface area contributed by atoms with Gasteiger partial charge in [0, 0.05) is 0 Å². The van der Waals surface area contributed by atoms with E-state index in [4.69, 9.17) is 0 Å². The number of hydrogen-bond acceptors (Lipinski definition) is 0. The predicted molar refractivity (Wildman–Crippen MR) is 50.4 cm³/mol. The Hall–Kier alpha value is -0.960. The highest BCUT2D eigenvalue weighted by atomic mass is 13.9. The molecule has 0 aromatic heterocycles. The van der Waals surface area contributed by atoms with Gasteiger partial charge in [0.15, 0.2) is 0 Å². The van der Waals surface area contributed by atoms with Gasteiger partial charge in [0.25, 0.3) is 0 Å². The van der Waals surface area contributed by atoms with Crippen molar-refractivity contribution in [2.24, 2.45) is 5.92 Å². The van der Waals surface area contributed by atoms with Crippen molar-refractivity contribution in [3.05, 3.63) is 36.3 Å². The third-order valence-electron chi connectivity index (χ3n) is 1.16. The van der Waals surface area contributed by atoms with Gasteiger partial charge in [-0.1, -0.05) is 31.4 Å². The van der Waals surface area contributed by atoms with Crippen LogP contribution < -0.4 is 0 Å². The summed E-state index contributed by atoms with van der Waals surface area (Å²) in [6.45, 7) is 7.97. The van der Waals surface area contributed by atoms with Crippen LogP contribution in [0.3, 0.4) is 0 Å². The first-order chi connectivity index (χ1) is 5.27. The minimum atomic E-state index is 0.712. The predicted octanol–water partition coefficient (Wildman–Crippen LogP) is 3.48. The highest BCUT2D eigenvalue weighted by Crippen LogP contribution is 1.97. The van der Waals surface area contributed by atoms with Gasteiger partial charge >= 0.3 is 0 Å². The van der Waals surface area contributed by atoms with E-state index in [0.717, 1.165) is 12.8 Å². The maximum Gasteiger partial charge on any atom is -0.00892 e. The first kappa shape index (κ1) is 10.0. The van der Waals surface area contributed by atoms with Crippen molar-refractivity contribution in [2.45, 2.75) is 26.7 Å². The zero-order valence-corrected chi connectivity index (χ0v) is 7.43. The minimum absolute atomic E-state index is 0.712. The van der Waals surface area contributed by atoms with Gasteiger partial charge in [-0.15, -0.1) is 6.58 Å². The van der Waals surface area contributed by atoms with Crippen LogP contribution in [0.4, 0.5) is 0 Å². The van der Waals surface area contributed by atoms with Crippen LogP contribution in [0.15, 0.2) is 36.3 Å². The summed E-state index contributed by atoms with van der Waals surface area (Å²) in [6.07, 6.45) is 7.74.